The van der Waals surface area contributed by atoms with Crippen LogP contribution in [0.3, 0.4) is 0 Å². The Morgan fingerprint density at radius 2 is 2.44 bits per heavy atom. The zero-order valence-corrected chi connectivity index (χ0v) is 7.08. The Kier molecular flexibility index (Phi) is 2.22. The van der Waals surface area contributed by atoms with Crippen LogP contribution in [0.4, 0.5) is 0 Å². The first-order valence-corrected chi connectivity index (χ1v) is 6.02. The van der Waals surface area contributed by atoms with Gasteiger partial charge in [-0.1, -0.05) is 0 Å². The molecule has 0 aromatic rings. The van der Waals surface area contributed by atoms with Gasteiger partial charge in [-0.05, 0) is 24.6 Å². The van der Waals surface area contributed by atoms with Crippen molar-refractivity contribution in [3.05, 3.63) is 0 Å². The summed E-state index contributed by atoms with van der Waals surface area (Å²) in [5.74, 6) is 0. The molecule has 1 heterocycles. The minimum absolute atomic E-state index is 0.0108. The molecule has 0 spiro atoms. The van der Waals surface area contributed by atoms with Crippen molar-refractivity contribution in [3.8, 4) is 0 Å². The first kappa shape index (κ1) is 7.61. The summed E-state index contributed by atoms with van der Waals surface area (Å²) in [6.07, 6.45) is 1.71. The Bertz CT molecular complexity index is 149. The summed E-state index contributed by atoms with van der Waals surface area (Å²) in [7, 11) is 0. The van der Waals surface area contributed by atoms with E-state index >= 15 is 0 Å². The fraction of sp³-hybridized carbons (Fsp3) is 1.00. The lowest BCUT2D eigenvalue weighted by atomic mass is 10.5. The van der Waals surface area contributed by atoms with Gasteiger partial charge in [0.2, 0.25) is 0 Å². The molecular formula is C4H9O3PS. The molecule has 3 nitrogen and oxygen atoms in total. The molecule has 1 rings (SSSR count). The summed E-state index contributed by atoms with van der Waals surface area (Å²) in [6, 6.07) is 0. The van der Waals surface area contributed by atoms with E-state index in [0.717, 1.165) is 11.4 Å². The third kappa shape index (κ3) is 1.71. The van der Waals surface area contributed by atoms with Crippen molar-refractivity contribution in [3.63, 3.8) is 0 Å². The third-order valence-electron chi connectivity index (χ3n) is 1.00. The molecular weight excluding hydrogens is 159 g/mol. The number of hydrogen-bond donors (Lipinski definition) is 0. The molecule has 0 amide bonds. The molecule has 0 aliphatic carbocycles. The molecule has 1 saturated heterocycles. The second kappa shape index (κ2) is 2.62. The van der Waals surface area contributed by atoms with Crippen molar-refractivity contribution in [1.29, 1.82) is 0 Å². The lowest BCUT2D eigenvalue weighted by molar-refractivity contribution is 0.259. The van der Waals surface area contributed by atoms with Crippen LogP contribution in [0.5, 0.6) is 0 Å². The van der Waals surface area contributed by atoms with E-state index in [0.29, 0.717) is 6.61 Å². The monoisotopic (exact) mass is 168 g/mol. The maximum Gasteiger partial charge on any atom is 0.389 e. The SMILES string of the molecule is CS[P@]1(=O)OC[C@@H](C)O1. The maximum atomic E-state index is 11.1. The molecule has 9 heavy (non-hydrogen) atoms. The highest BCUT2D eigenvalue weighted by Crippen LogP contribution is 2.63. The van der Waals surface area contributed by atoms with Crippen LogP contribution < -0.4 is 0 Å². The Morgan fingerprint density at radius 1 is 1.78 bits per heavy atom. The van der Waals surface area contributed by atoms with E-state index in [-0.39, 0.29) is 6.10 Å². The van der Waals surface area contributed by atoms with Gasteiger partial charge in [-0.3, -0.25) is 9.05 Å². The summed E-state index contributed by atoms with van der Waals surface area (Å²) >= 11 is 1.15. The average molecular weight is 168 g/mol. The molecule has 0 radical (unpaired) electrons. The Morgan fingerprint density at radius 3 is 2.67 bits per heavy atom. The van der Waals surface area contributed by atoms with E-state index in [4.69, 9.17) is 9.05 Å². The number of rotatable bonds is 1. The molecule has 0 bridgehead atoms. The molecule has 0 aromatic carbocycles. The van der Waals surface area contributed by atoms with Gasteiger partial charge < -0.3 is 0 Å². The number of hydrogen-bond acceptors (Lipinski definition) is 4. The van der Waals surface area contributed by atoms with Crippen molar-refractivity contribution in [1.82, 2.24) is 0 Å². The van der Waals surface area contributed by atoms with Gasteiger partial charge >= 0.3 is 6.80 Å². The second-order valence-electron chi connectivity index (χ2n) is 1.84. The van der Waals surface area contributed by atoms with Gasteiger partial charge in [0.25, 0.3) is 0 Å². The Hall–Kier alpha value is 0.500. The van der Waals surface area contributed by atoms with Crippen LogP contribution in [-0.2, 0) is 13.6 Å². The highest BCUT2D eigenvalue weighted by Gasteiger charge is 2.33. The molecule has 54 valence electrons. The van der Waals surface area contributed by atoms with Crippen LogP contribution in [0.1, 0.15) is 6.92 Å². The lowest BCUT2D eigenvalue weighted by Crippen LogP contribution is -1.99. The predicted molar refractivity (Wildman–Crippen MR) is 37.6 cm³/mol. The fourth-order valence-electron chi connectivity index (χ4n) is 0.573. The second-order valence-corrected chi connectivity index (χ2v) is 6.01. The van der Waals surface area contributed by atoms with Crippen LogP contribution in [0.2, 0.25) is 0 Å². The summed E-state index contributed by atoms with van der Waals surface area (Å²) < 4.78 is 21.0. The first-order valence-electron chi connectivity index (χ1n) is 2.65. The van der Waals surface area contributed by atoms with E-state index < -0.39 is 6.80 Å². The zero-order valence-electron chi connectivity index (χ0n) is 5.36. The molecule has 2 atom stereocenters. The van der Waals surface area contributed by atoms with Gasteiger partial charge in [0.15, 0.2) is 0 Å². The van der Waals surface area contributed by atoms with Crippen LogP contribution >= 0.6 is 18.2 Å². The Labute approximate surface area is 58.4 Å². The smallest absolute Gasteiger partial charge is 0.298 e. The highest BCUT2D eigenvalue weighted by molar-refractivity contribution is 8.54. The van der Waals surface area contributed by atoms with Gasteiger partial charge in [0.05, 0.1) is 12.7 Å². The molecule has 0 unspecified atom stereocenters. The van der Waals surface area contributed by atoms with Gasteiger partial charge in [-0.25, -0.2) is 4.57 Å². The predicted octanol–water partition coefficient (Wildman–Crippen LogP) is 1.89. The molecule has 0 saturated carbocycles. The van der Waals surface area contributed by atoms with E-state index in [1.807, 2.05) is 6.92 Å². The van der Waals surface area contributed by atoms with Crippen LogP contribution in [0.25, 0.3) is 0 Å². The van der Waals surface area contributed by atoms with Crippen molar-refractivity contribution < 1.29 is 13.6 Å². The molecule has 1 aliphatic rings. The maximum absolute atomic E-state index is 11.1. The Balaban J connectivity index is 2.55. The highest BCUT2D eigenvalue weighted by atomic mass is 32.7. The fourth-order valence-corrected chi connectivity index (χ4v) is 2.92. The quantitative estimate of drug-likeness (QED) is 0.560. The van der Waals surface area contributed by atoms with Crippen molar-refractivity contribution >= 4 is 18.2 Å². The minimum Gasteiger partial charge on any atom is -0.298 e. The van der Waals surface area contributed by atoms with Crippen molar-refractivity contribution in [2.24, 2.45) is 0 Å². The van der Waals surface area contributed by atoms with Crippen LogP contribution in [0, 0.1) is 0 Å². The first-order chi connectivity index (χ1) is 4.16. The molecule has 5 heteroatoms. The van der Waals surface area contributed by atoms with Gasteiger partial charge in [-0.2, -0.15) is 0 Å². The van der Waals surface area contributed by atoms with Crippen molar-refractivity contribution in [2.75, 3.05) is 12.9 Å². The van der Waals surface area contributed by atoms with Crippen LogP contribution in [0.15, 0.2) is 0 Å². The third-order valence-corrected chi connectivity index (χ3v) is 4.45. The summed E-state index contributed by atoms with van der Waals surface area (Å²) in [5.41, 5.74) is 0. The zero-order chi connectivity index (χ0) is 6.91. The summed E-state index contributed by atoms with van der Waals surface area (Å²) in [6.45, 7) is -0.391. The van der Waals surface area contributed by atoms with Gasteiger partial charge in [-0.15, -0.1) is 0 Å². The van der Waals surface area contributed by atoms with E-state index in [1.54, 1.807) is 6.26 Å². The summed E-state index contributed by atoms with van der Waals surface area (Å²) in [5, 5.41) is 0. The largest absolute Gasteiger partial charge is 0.389 e. The lowest BCUT2D eigenvalue weighted by Gasteiger charge is -2.03. The molecule has 1 fully saturated rings. The standard InChI is InChI=1S/C4H9O3PS/c1-4-3-6-8(5,7-4)9-2/h4H,3H2,1-2H3/t4-,8-/m1/s1. The van der Waals surface area contributed by atoms with E-state index in [9.17, 15) is 4.57 Å². The minimum atomic E-state index is -2.69. The van der Waals surface area contributed by atoms with Crippen molar-refractivity contribution in [2.45, 2.75) is 13.0 Å². The molecule has 1 aliphatic heterocycles. The van der Waals surface area contributed by atoms with Gasteiger partial charge in [0, 0.05) is 0 Å². The van der Waals surface area contributed by atoms with E-state index in [2.05, 4.69) is 0 Å². The molecule has 0 aromatic heterocycles. The topological polar surface area (TPSA) is 35.5 Å². The summed E-state index contributed by atoms with van der Waals surface area (Å²) in [4.78, 5) is 0. The van der Waals surface area contributed by atoms with E-state index in [1.165, 1.54) is 0 Å². The van der Waals surface area contributed by atoms with Gasteiger partial charge in [0.1, 0.15) is 0 Å². The molecule has 0 N–H and O–H groups in total. The average Bonchev–Trinajstić information content (AvgIpc) is 2.13. The van der Waals surface area contributed by atoms with Crippen LogP contribution in [-0.4, -0.2) is 19.0 Å². The normalized spacial score (nSPS) is 43.6.